The van der Waals surface area contributed by atoms with E-state index in [-0.39, 0.29) is 31.8 Å². The zero-order chi connectivity index (χ0) is 23.6. The van der Waals surface area contributed by atoms with E-state index in [0.717, 1.165) is 24.5 Å². The molecule has 176 valence electrons. The summed E-state index contributed by atoms with van der Waals surface area (Å²) in [6, 6.07) is 12.1. The molecule has 0 radical (unpaired) electrons. The van der Waals surface area contributed by atoms with Gasteiger partial charge in [0.2, 0.25) is 0 Å². The maximum absolute atomic E-state index is 13.6. The first-order valence-corrected chi connectivity index (χ1v) is 11.3. The lowest BCUT2D eigenvalue weighted by molar-refractivity contribution is -0.139. The predicted molar refractivity (Wildman–Crippen MR) is 118 cm³/mol. The van der Waals surface area contributed by atoms with Crippen molar-refractivity contribution in [1.82, 2.24) is 0 Å². The van der Waals surface area contributed by atoms with Gasteiger partial charge < -0.3 is 15.6 Å². The Morgan fingerprint density at radius 3 is 2.44 bits per heavy atom. The molecular formula is C23H30F3NO4P+. The lowest BCUT2D eigenvalue weighted by Crippen LogP contribution is -2.47. The summed E-state index contributed by atoms with van der Waals surface area (Å²) in [5, 5.41) is 9.45. The third kappa shape index (κ3) is 8.17. The molecule has 32 heavy (non-hydrogen) atoms. The fourth-order valence-electron chi connectivity index (χ4n) is 3.31. The van der Waals surface area contributed by atoms with E-state index in [0.29, 0.717) is 12.0 Å². The predicted octanol–water partition coefficient (Wildman–Crippen LogP) is 4.86. The monoisotopic (exact) mass is 472 g/mol. The van der Waals surface area contributed by atoms with Gasteiger partial charge in [0.1, 0.15) is 12.4 Å². The summed E-state index contributed by atoms with van der Waals surface area (Å²) >= 11 is 0. The molecule has 2 aromatic rings. The zero-order valence-corrected chi connectivity index (χ0v) is 19.1. The average molecular weight is 472 g/mol. The number of nitrogens with two attached hydrogens (primary N) is 1. The van der Waals surface area contributed by atoms with Crippen molar-refractivity contribution < 1.29 is 32.1 Å². The van der Waals surface area contributed by atoms with Gasteiger partial charge in [-0.05, 0) is 65.5 Å². The van der Waals surface area contributed by atoms with Gasteiger partial charge in [0, 0.05) is 0 Å². The summed E-state index contributed by atoms with van der Waals surface area (Å²) in [5.74, 6) is -0.208. The normalized spacial score (nSPS) is 13.8. The Bertz CT molecular complexity index is 879. The van der Waals surface area contributed by atoms with Gasteiger partial charge in [-0.25, -0.2) is 0 Å². The van der Waals surface area contributed by atoms with Crippen LogP contribution in [0.3, 0.4) is 0 Å². The molecule has 0 heterocycles. The van der Waals surface area contributed by atoms with Gasteiger partial charge in [-0.1, -0.05) is 37.3 Å². The van der Waals surface area contributed by atoms with Crippen LogP contribution in [0.1, 0.15) is 42.0 Å². The quantitative estimate of drug-likeness (QED) is 0.322. The highest BCUT2D eigenvalue weighted by molar-refractivity contribution is 7.17. The highest BCUT2D eigenvalue weighted by atomic mass is 31.1. The van der Waals surface area contributed by atoms with Crippen LogP contribution in [-0.2, 0) is 34.5 Å². The molecule has 0 amide bonds. The molecule has 2 aromatic carbocycles. The summed E-state index contributed by atoms with van der Waals surface area (Å²) in [4.78, 5) is 0. The Kier molecular flexibility index (Phi) is 10.1. The Hall–Kier alpha value is -1.99. The molecule has 9 heteroatoms. The van der Waals surface area contributed by atoms with Crippen LogP contribution in [0.4, 0.5) is 13.2 Å². The third-order valence-electron chi connectivity index (χ3n) is 5.26. The van der Waals surface area contributed by atoms with Gasteiger partial charge in [-0.3, -0.25) is 0 Å². The molecule has 2 unspecified atom stereocenters. The molecule has 0 spiro atoms. The summed E-state index contributed by atoms with van der Waals surface area (Å²) in [6.45, 7) is 1.65. The molecule has 5 nitrogen and oxygen atoms in total. The van der Waals surface area contributed by atoms with Gasteiger partial charge in [0.25, 0.3) is 0 Å². The minimum Gasteiger partial charge on any atom is -0.493 e. The van der Waals surface area contributed by atoms with Crippen LogP contribution in [0.2, 0.25) is 0 Å². The third-order valence-corrected chi connectivity index (χ3v) is 5.52. The van der Waals surface area contributed by atoms with E-state index >= 15 is 0 Å². The Labute approximate surface area is 188 Å². The summed E-state index contributed by atoms with van der Waals surface area (Å²) in [5.41, 5.74) is 6.72. The molecule has 2 rings (SSSR count). The van der Waals surface area contributed by atoms with Gasteiger partial charge >= 0.3 is 14.9 Å². The van der Waals surface area contributed by atoms with Crippen LogP contribution in [-0.4, -0.2) is 30.5 Å². The lowest BCUT2D eigenvalue weighted by atomic mass is 9.93. The minimum atomic E-state index is -4.57. The van der Waals surface area contributed by atoms with Crippen molar-refractivity contribution in [2.24, 2.45) is 5.73 Å². The number of aliphatic hydroxyl groups excluding tert-OH is 1. The number of halogens is 3. The second-order valence-corrected chi connectivity index (χ2v) is 8.30. The molecule has 2 atom stereocenters. The fourth-order valence-corrected chi connectivity index (χ4v) is 3.65. The van der Waals surface area contributed by atoms with Crippen molar-refractivity contribution in [3.63, 3.8) is 0 Å². The van der Waals surface area contributed by atoms with Crippen molar-refractivity contribution in [2.45, 2.75) is 50.7 Å². The number of aryl methyl sites for hydroxylation is 3. The van der Waals surface area contributed by atoms with Crippen molar-refractivity contribution in [1.29, 1.82) is 0 Å². The average Bonchev–Trinajstić information content (AvgIpc) is 2.79. The molecule has 0 aromatic heterocycles. The second kappa shape index (κ2) is 12.3. The van der Waals surface area contributed by atoms with Gasteiger partial charge in [-0.15, -0.1) is 4.52 Å². The molecule has 0 bridgehead atoms. The fraction of sp³-hybridized carbons (Fsp3) is 0.478. The van der Waals surface area contributed by atoms with Gasteiger partial charge in [0.05, 0.1) is 24.3 Å². The number of rotatable bonds is 13. The van der Waals surface area contributed by atoms with Crippen molar-refractivity contribution in [2.75, 3.05) is 19.8 Å². The Morgan fingerprint density at radius 1 is 1.06 bits per heavy atom. The first-order chi connectivity index (χ1) is 15.2. The van der Waals surface area contributed by atoms with Gasteiger partial charge in [-0.2, -0.15) is 13.2 Å². The molecule has 0 aliphatic rings. The van der Waals surface area contributed by atoms with Crippen LogP contribution in [0.5, 0.6) is 5.75 Å². The van der Waals surface area contributed by atoms with E-state index in [2.05, 4.69) is 13.0 Å². The molecule has 0 saturated carbocycles. The summed E-state index contributed by atoms with van der Waals surface area (Å²) in [6.07, 6.45) is -1.95. The zero-order valence-electron chi connectivity index (χ0n) is 18.1. The first kappa shape index (κ1) is 26.3. The van der Waals surface area contributed by atoms with Crippen molar-refractivity contribution in [3.05, 3.63) is 64.7 Å². The van der Waals surface area contributed by atoms with Crippen LogP contribution >= 0.6 is 8.69 Å². The van der Waals surface area contributed by atoms with Gasteiger partial charge in [0.15, 0.2) is 0 Å². The van der Waals surface area contributed by atoms with E-state index in [9.17, 15) is 22.8 Å². The number of benzene rings is 2. The van der Waals surface area contributed by atoms with Crippen LogP contribution in [0.15, 0.2) is 42.5 Å². The molecule has 3 N–H and O–H groups in total. The summed E-state index contributed by atoms with van der Waals surface area (Å²) in [7, 11) is -1.02. The van der Waals surface area contributed by atoms with E-state index in [4.69, 9.17) is 15.0 Å². The van der Waals surface area contributed by atoms with Crippen molar-refractivity contribution >= 4 is 8.69 Å². The minimum absolute atomic E-state index is 0.153. The first-order valence-electron chi connectivity index (χ1n) is 10.5. The second-order valence-electron chi connectivity index (χ2n) is 7.85. The SMILES string of the molecule is CCc1cccc(CCCOc2ccc(CCC(N)(CO)CO[PH+]=O)cc2C(F)(F)F)c1. The van der Waals surface area contributed by atoms with E-state index < -0.39 is 32.6 Å². The van der Waals surface area contributed by atoms with Crippen molar-refractivity contribution in [3.8, 4) is 5.75 Å². The molecule has 0 aliphatic carbocycles. The lowest BCUT2D eigenvalue weighted by Gasteiger charge is -2.24. The van der Waals surface area contributed by atoms with E-state index in [1.54, 1.807) is 6.07 Å². The number of hydrogen-bond donors (Lipinski definition) is 2. The maximum Gasteiger partial charge on any atom is 0.494 e. The topological polar surface area (TPSA) is 81.8 Å². The molecular weight excluding hydrogens is 442 g/mol. The number of ether oxygens (including phenoxy) is 1. The van der Waals surface area contributed by atoms with E-state index in [1.807, 2.05) is 18.2 Å². The standard InChI is InChI=1S/C23H30F3NO4P/c1-2-17-5-3-6-18(13-17)7-4-12-30-21-9-8-19(14-20(21)23(24,25)26)10-11-22(27,15-28)16-31-32-29/h3,5-6,8-9,13-14,28,32H,2,4,7,10-12,15-16,27H2,1H3/q+1. The van der Waals surface area contributed by atoms with Crippen LogP contribution in [0.25, 0.3) is 0 Å². The highest BCUT2D eigenvalue weighted by Crippen LogP contribution is 2.37. The summed E-state index contributed by atoms with van der Waals surface area (Å²) < 4.78 is 61.5. The van der Waals surface area contributed by atoms with Crippen LogP contribution in [0, 0.1) is 0 Å². The number of aliphatic hydroxyl groups is 1. The number of alkyl halides is 3. The van der Waals surface area contributed by atoms with Crippen LogP contribution < -0.4 is 10.5 Å². The Balaban J connectivity index is 2.01. The molecule has 0 fully saturated rings. The maximum atomic E-state index is 13.6. The van der Waals surface area contributed by atoms with E-state index in [1.165, 1.54) is 11.6 Å². The largest absolute Gasteiger partial charge is 0.494 e. The molecule has 0 aliphatic heterocycles. The Morgan fingerprint density at radius 2 is 1.78 bits per heavy atom. The highest BCUT2D eigenvalue weighted by Gasteiger charge is 2.35. The molecule has 0 saturated heterocycles. The smallest absolute Gasteiger partial charge is 0.493 e. The number of hydrogen-bond acceptors (Lipinski definition) is 5.